The molecule has 1 saturated carbocycles. The van der Waals surface area contributed by atoms with Crippen LogP contribution in [0.1, 0.15) is 71.6 Å². The molecule has 1 amide bonds. The number of benzene rings is 1. The van der Waals surface area contributed by atoms with Crippen molar-refractivity contribution in [2.45, 2.75) is 51.0 Å². The summed E-state index contributed by atoms with van der Waals surface area (Å²) in [7, 11) is 0. The molecule has 1 aromatic rings. The summed E-state index contributed by atoms with van der Waals surface area (Å²) in [6, 6.07) is 4.90. The van der Waals surface area contributed by atoms with Gasteiger partial charge in [-0.15, -0.1) is 0 Å². The molecule has 1 aromatic carbocycles. The number of amides is 1. The SMILES string of the molecule is CCc1cc(C2CCCC2)c2c(c1)[C@@H]1CNCCN1C2=O. The number of hydrogen-bond donors (Lipinski definition) is 1. The fourth-order valence-electron chi connectivity index (χ4n) is 4.39. The maximum Gasteiger partial charge on any atom is 0.255 e. The van der Waals surface area contributed by atoms with Crippen molar-refractivity contribution in [3.63, 3.8) is 0 Å². The molecule has 0 spiro atoms. The topological polar surface area (TPSA) is 32.3 Å². The lowest BCUT2D eigenvalue weighted by Gasteiger charge is -2.30. The second-order valence-electron chi connectivity index (χ2n) is 6.70. The molecule has 0 aromatic heterocycles. The van der Waals surface area contributed by atoms with Crippen LogP contribution in [0.5, 0.6) is 0 Å². The van der Waals surface area contributed by atoms with Crippen LogP contribution >= 0.6 is 0 Å². The highest BCUT2D eigenvalue weighted by molar-refractivity contribution is 6.01. The lowest BCUT2D eigenvalue weighted by atomic mass is 9.87. The summed E-state index contributed by atoms with van der Waals surface area (Å²) in [4.78, 5) is 15.0. The first-order valence-corrected chi connectivity index (χ1v) is 8.48. The summed E-state index contributed by atoms with van der Waals surface area (Å²) in [6.45, 7) is 4.91. The summed E-state index contributed by atoms with van der Waals surface area (Å²) in [5, 5.41) is 3.45. The molecule has 3 nitrogen and oxygen atoms in total. The summed E-state index contributed by atoms with van der Waals surface area (Å²) >= 11 is 0. The van der Waals surface area contributed by atoms with Crippen molar-refractivity contribution in [2.24, 2.45) is 0 Å². The van der Waals surface area contributed by atoms with Crippen molar-refractivity contribution in [1.29, 1.82) is 0 Å². The predicted octanol–water partition coefficient (Wildman–Crippen LogP) is 3.01. The second-order valence-corrected chi connectivity index (χ2v) is 6.70. The van der Waals surface area contributed by atoms with Crippen molar-refractivity contribution in [3.05, 3.63) is 34.4 Å². The molecule has 0 radical (unpaired) electrons. The first-order chi connectivity index (χ1) is 10.3. The highest BCUT2D eigenvalue weighted by Crippen LogP contribution is 2.43. The Morgan fingerprint density at radius 3 is 2.76 bits per heavy atom. The van der Waals surface area contributed by atoms with E-state index in [-0.39, 0.29) is 6.04 Å². The van der Waals surface area contributed by atoms with Crippen LogP contribution < -0.4 is 5.32 Å². The van der Waals surface area contributed by atoms with E-state index in [0.717, 1.165) is 31.6 Å². The minimum atomic E-state index is 0.271. The fraction of sp³-hybridized carbons (Fsp3) is 0.611. The number of rotatable bonds is 2. The van der Waals surface area contributed by atoms with E-state index in [2.05, 4.69) is 29.3 Å². The molecule has 2 heterocycles. The Morgan fingerprint density at radius 2 is 2.00 bits per heavy atom. The molecule has 21 heavy (non-hydrogen) atoms. The van der Waals surface area contributed by atoms with E-state index < -0.39 is 0 Å². The van der Waals surface area contributed by atoms with Crippen LogP contribution in [0.4, 0.5) is 0 Å². The number of nitrogens with zero attached hydrogens (tertiary/aromatic N) is 1. The van der Waals surface area contributed by atoms with Gasteiger partial charge in [0, 0.05) is 25.2 Å². The van der Waals surface area contributed by atoms with Crippen molar-refractivity contribution in [3.8, 4) is 0 Å². The van der Waals surface area contributed by atoms with Gasteiger partial charge in [0.1, 0.15) is 0 Å². The van der Waals surface area contributed by atoms with Gasteiger partial charge >= 0.3 is 0 Å². The molecule has 0 unspecified atom stereocenters. The first-order valence-electron chi connectivity index (χ1n) is 8.48. The molecule has 2 fully saturated rings. The molecule has 3 heteroatoms. The Hall–Kier alpha value is -1.35. The summed E-state index contributed by atoms with van der Waals surface area (Å²) < 4.78 is 0. The standard InChI is InChI=1S/C18H24N2O/c1-2-12-9-14(13-5-3-4-6-13)17-15(10-12)16-11-19-7-8-20(16)18(17)21/h9-10,13,16,19H,2-8,11H2,1H3/t16-/m0/s1. The van der Waals surface area contributed by atoms with Crippen LogP contribution in [0, 0.1) is 0 Å². The minimum Gasteiger partial charge on any atom is -0.329 e. The average Bonchev–Trinajstić information content (AvgIpc) is 3.15. The Bertz CT molecular complexity index is 575. The van der Waals surface area contributed by atoms with Crippen molar-refractivity contribution in [1.82, 2.24) is 10.2 Å². The third-order valence-corrected chi connectivity index (χ3v) is 5.54. The van der Waals surface area contributed by atoms with Gasteiger partial charge in [0.2, 0.25) is 0 Å². The van der Waals surface area contributed by atoms with Gasteiger partial charge in [-0.1, -0.05) is 31.9 Å². The number of hydrogen-bond acceptors (Lipinski definition) is 2. The van der Waals surface area contributed by atoms with Gasteiger partial charge in [0.15, 0.2) is 0 Å². The third-order valence-electron chi connectivity index (χ3n) is 5.54. The maximum absolute atomic E-state index is 12.9. The Balaban J connectivity index is 1.85. The highest BCUT2D eigenvalue weighted by Gasteiger charge is 2.41. The van der Waals surface area contributed by atoms with E-state index in [0.29, 0.717) is 11.8 Å². The molecular formula is C18H24N2O. The number of fused-ring (bicyclic) bond motifs is 3. The van der Waals surface area contributed by atoms with E-state index in [1.807, 2.05) is 0 Å². The maximum atomic E-state index is 12.9. The van der Waals surface area contributed by atoms with Crippen LogP contribution in [-0.4, -0.2) is 30.4 Å². The van der Waals surface area contributed by atoms with Crippen molar-refractivity contribution >= 4 is 5.91 Å². The van der Waals surface area contributed by atoms with Crippen LogP contribution in [0.2, 0.25) is 0 Å². The molecule has 0 bridgehead atoms. The van der Waals surface area contributed by atoms with E-state index in [4.69, 9.17) is 0 Å². The lowest BCUT2D eigenvalue weighted by Crippen LogP contribution is -2.44. The molecule has 1 saturated heterocycles. The van der Waals surface area contributed by atoms with E-state index in [1.54, 1.807) is 0 Å². The molecule has 4 rings (SSSR count). The van der Waals surface area contributed by atoms with Crippen molar-refractivity contribution in [2.75, 3.05) is 19.6 Å². The molecule has 1 atom stereocenters. The Labute approximate surface area is 126 Å². The second kappa shape index (κ2) is 5.13. The molecule has 3 aliphatic rings. The summed E-state index contributed by atoms with van der Waals surface area (Å²) in [5.41, 5.74) is 5.12. The van der Waals surface area contributed by atoms with E-state index in [1.165, 1.54) is 42.4 Å². The largest absolute Gasteiger partial charge is 0.329 e. The van der Waals surface area contributed by atoms with Gasteiger partial charge in [-0.3, -0.25) is 4.79 Å². The Kier molecular flexibility index (Phi) is 3.26. The lowest BCUT2D eigenvalue weighted by molar-refractivity contribution is 0.0690. The van der Waals surface area contributed by atoms with Gasteiger partial charge < -0.3 is 10.2 Å². The number of piperazine rings is 1. The Morgan fingerprint density at radius 1 is 1.24 bits per heavy atom. The highest BCUT2D eigenvalue weighted by atomic mass is 16.2. The van der Waals surface area contributed by atoms with Crippen LogP contribution in [0.15, 0.2) is 12.1 Å². The van der Waals surface area contributed by atoms with Gasteiger partial charge in [-0.2, -0.15) is 0 Å². The molecule has 1 aliphatic carbocycles. The zero-order chi connectivity index (χ0) is 14.4. The fourth-order valence-corrected chi connectivity index (χ4v) is 4.39. The summed E-state index contributed by atoms with van der Waals surface area (Å²) in [5.74, 6) is 0.907. The quantitative estimate of drug-likeness (QED) is 0.905. The number of nitrogens with one attached hydrogen (secondary N) is 1. The van der Waals surface area contributed by atoms with Crippen molar-refractivity contribution < 1.29 is 4.79 Å². The van der Waals surface area contributed by atoms with E-state index in [9.17, 15) is 4.79 Å². The zero-order valence-corrected chi connectivity index (χ0v) is 12.8. The predicted molar refractivity (Wildman–Crippen MR) is 83.7 cm³/mol. The number of aryl methyl sites for hydroxylation is 1. The first kappa shape index (κ1) is 13.3. The molecule has 2 aliphatic heterocycles. The molecule has 1 N–H and O–H groups in total. The molecular weight excluding hydrogens is 260 g/mol. The van der Waals surface area contributed by atoms with Crippen LogP contribution in [0.3, 0.4) is 0 Å². The molecule has 112 valence electrons. The normalized spacial score (nSPS) is 25.3. The van der Waals surface area contributed by atoms with Gasteiger partial charge in [0.05, 0.1) is 6.04 Å². The van der Waals surface area contributed by atoms with Gasteiger partial charge in [-0.25, -0.2) is 0 Å². The minimum absolute atomic E-state index is 0.271. The van der Waals surface area contributed by atoms with E-state index >= 15 is 0 Å². The van der Waals surface area contributed by atoms with Crippen LogP contribution in [-0.2, 0) is 6.42 Å². The number of carbonyl (C=O) groups is 1. The van der Waals surface area contributed by atoms with Gasteiger partial charge in [0.25, 0.3) is 5.91 Å². The average molecular weight is 284 g/mol. The smallest absolute Gasteiger partial charge is 0.255 e. The van der Waals surface area contributed by atoms with Gasteiger partial charge in [-0.05, 0) is 41.9 Å². The summed E-state index contributed by atoms with van der Waals surface area (Å²) in [6.07, 6.45) is 6.21. The third kappa shape index (κ3) is 2.02. The van der Waals surface area contributed by atoms with Crippen LogP contribution in [0.25, 0.3) is 0 Å². The zero-order valence-electron chi connectivity index (χ0n) is 12.8. The number of carbonyl (C=O) groups excluding carboxylic acids is 1. The monoisotopic (exact) mass is 284 g/mol.